The molecule has 98 valence electrons. The summed E-state index contributed by atoms with van der Waals surface area (Å²) in [6.07, 6.45) is 1.49. The second-order valence-corrected chi connectivity index (χ2v) is 4.24. The molecule has 1 N–H and O–H groups in total. The molecule has 0 spiro atoms. The Morgan fingerprint density at radius 3 is 3.06 bits per heavy atom. The molecule has 2 heterocycles. The summed E-state index contributed by atoms with van der Waals surface area (Å²) in [5.74, 6) is -0.0510. The number of hydrogen-bond donors (Lipinski definition) is 1. The zero-order valence-electron chi connectivity index (χ0n) is 9.98. The first-order valence-electron chi connectivity index (χ1n) is 5.72. The van der Waals surface area contributed by atoms with Crippen LogP contribution < -0.4 is 5.32 Å². The fourth-order valence-electron chi connectivity index (χ4n) is 1.50. The number of aromatic nitrogens is 2. The van der Waals surface area contributed by atoms with E-state index < -0.39 is 5.97 Å². The van der Waals surface area contributed by atoms with Crippen molar-refractivity contribution in [2.75, 3.05) is 31.7 Å². The van der Waals surface area contributed by atoms with E-state index in [-0.39, 0.29) is 17.6 Å². The Balaban J connectivity index is 2.08. The summed E-state index contributed by atoms with van der Waals surface area (Å²) in [7, 11) is 0. The average molecular weight is 272 g/mol. The molecule has 1 aromatic heterocycles. The van der Waals surface area contributed by atoms with Crippen molar-refractivity contribution in [1.82, 2.24) is 9.97 Å². The minimum absolute atomic E-state index is 0.0237. The minimum Gasteiger partial charge on any atom is -0.461 e. The van der Waals surface area contributed by atoms with E-state index in [0.717, 1.165) is 13.2 Å². The number of esters is 1. The van der Waals surface area contributed by atoms with Crippen molar-refractivity contribution in [3.05, 3.63) is 17.2 Å². The molecule has 0 unspecified atom stereocenters. The Labute approximate surface area is 110 Å². The predicted molar refractivity (Wildman–Crippen MR) is 65.8 cm³/mol. The van der Waals surface area contributed by atoms with Crippen LogP contribution in [0.2, 0.25) is 5.28 Å². The summed E-state index contributed by atoms with van der Waals surface area (Å²) in [4.78, 5) is 19.5. The van der Waals surface area contributed by atoms with Crippen LogP contribution in [-0.4, -0.2) is 42.3 Å². The first-order valence-corrected chi connectivity index (χ1v) is 6.09. The van der Waals surface area contributed by atoms with Gasteiger partial charge in [0.2, 0.25) is 5.28 Å². The van der Waals surface area contributed by atoms with Gasteiger partial charge in [0.25, 0.3) is 0 Å². The Bertz CT molecular complexity index is 438. The number of ether oxygens (including phenoxy) is 2. The van der Waals surface area contributed by atoms with Crippen LogP contribution in [0.5, 0.6) is 0 Å². The van der Waals surface area contributed by atoms with Crippen LogP contribution in [0.1, 0.15) is 17.4 Å². The van der Waals surface area contributed by atoms with Gasteiger partial charge in [-0.1, -0.05) is 0 Å². The molecule has 1 fully saturated rings. The first kappa shape index (κ1) is 13.0. The van der Waals surface area contributed by atoms with Crippen LogP contribution >= 0.6 is 11.6 Å². The van der Waals surface area contributed by atoms with Gasteiger partial charge in [0.1, 0.15) is 0 Å². The van der Waals surface area contributed by atoms with Crippen molar-refractivity contribution in [3.63, 3.8) is 0 Å². The number of halogens is 1. The zero-order chi connectivity index (χ0) is 13.0. The lowest BCUT2D eigenvalue weighted by Gasteiger charge is -2.26. The maximum atomic E-state index is 11.7. The second-order valence-electron chi connectivity index (χ2n) is 3.91. The van der Waals surface area contributed by atoms with Gasteiger partial charge in [0.15, 0.2) is 5.69 Å². The highest BCUT2D eigenvalue weighted by molar-refractivity contribution is 6.28. The van der Waals surface area contributed by atoms with Gasteiger partial charge in [0, 0.05) is 12.5 Å². The maximum Gasteiger partial charge on any atom is 0.359 e. The van der Waals surface area contributed by atoms with Crippen molar-refractivity contribution in [2.45, 2.75) is 6.92 Å². The molecule has 0 aliphatic carbocycles. The highest BCUT2D eigenvalue weighted by Crippen LogP contribution is 2.17. The smallest absolute Gasteiger partial charge is 0.359 e. The molecule has 0 atom stereocenters. The molecule has 0 amide bonds. The highest BCUT2D eigenvalue weighted by Gasteiger charge is 2.20. The standard InChI is InChI=1S/C11H14ClN3O3/c1-2-18-10(16)9-8(4-14-11(12)15-9)13-3-7-5-17-6-7/h4,7,13H,2-3,5-6H2,1H3. The first-order chi connectivity index (χ1) is 8.70. The normalized spacial score (nSPS) is 15.0. The molecular formula is C11H14ClN3O3. The van der Waals surface area contributed by atoms with Crippen LogP contribution in [0.4, 0.5) is 5.69 Å². The molecule has 0 bridgehead atoms. The van der Waals surface area contributed by atoms with Gasteiger partial charge in [-0.15, -0.1) is 0 Å². The Morgan fingerprint density at radius 2 is 2.44 bits per heavy atom. The fourth-order valence-corrected chi connectivity index (χ4v) is 1.63. The molecule has 1 aliphatic rings. The van der Waals surface area contributed by atoms with Gasteiger partial charge in [-0.3, -0.25) is 0 Å². The average Bonchev–Trinajstić information content (AvgIpc) is 2.29. The largest absolute Gasteiger partial charge is 0.461 e. The molecular weight excluding hydrogens is 258 g/mol. The predicted octanol–water partition coefficient (Wildman–Crippen LogP) is 1.36. The molecule has 18 heavy (non-hydrogen) atoms. The molecule has 1 aromatic rings. The third kappa shape index (κ3) is 3.08. The van der Waals surface area contributed by atoms with E-state index in [2.05, 4.69) is 15.3 Å². The summed E-state index contributed by atoms with van der Waals surface area (Å²) < 4.78 is 9.99. The molecule has 2 rings (SSSR count). The van der Waals surface area contributed by atoms with Crippen LogP contribution in [-0.2, 0) is 9.47 Å². The van der Waals surface area contributed by atoms with Gasteiger partial charge >= 0.3 is 5.97 Å². The molecule has 1 saturated heterocycles. The Hall–Kier alpha value is -1.40. The lowest BCUT2D eigenvalue weighted by atomic mass is 10.1. The van der Waals surface area contributed by atoms with E-state index in [0.29, 0.717) is 18.2 Å². The van der Waals surface area contributed by atoms with E-state index in [4.69, 9.17) is 21.1 Å². The van der Waals surface area contributed by atoms with E-state index in [9.17, 15) is 4.79 Å². The van der Waals surface area contributed by atoms with Crippen LogP contribution in [0.3, 0.4) is 0 Å². The van der Waals surface area contributed by atoms with Gasteiger partial charge in [-0.2, -0.15) is 0 Å². The monoisotopic (exact) mass is 271 g/mol. The highest BCUT2D eigenvalue weighted by atomic mass is 35.5. The van der Waals surface area contributed by atoms with Crippen LogP contribution in [0.15, 0.2) is 6.20 Å². The third-order valence-corrected chi connectivity index (χ3v) is 2.70. The second kappa shape index (κ2) is 5.97. The Kier molecular flexibility index (Phi) is 4.33. The molecule has 6 nitrogen and oxygen atoms in total. The van der Waals surface area contributed by atoms with Crippen LogP contribution in [0, 0.1) is 5.92 Å². The summed E-state index contributed by atoms with van der Waals surface area (Å²) >= 11 is 5.68. The number of nitrogens with one attached hydrogen (secondary N) is 1. The summed E-state index contributed by atoms with van der Waals surface area (Å²) in [6, 6.07) is 0. The quantitative estimate of drug-likeness (QED) is 0.644. The maximum absolute atomic E-state index is 11.7. The molecule has 0 radical (unpaired) electrons. The molecule has 7 heteroatoms. The van der Waals surface area contributed by atoms with Crippen molar-refractivity contribution in [1.29, 1.82) is 0 Å². The minimum atomic E-state index is -0.505. The SMILES string of the molecule is CCOC(=O)c1nc(Cl)ncc1NCC1COC1. The zero-order valence-corrected chi connectivity index (χ0v) is 10.7. The Morgan fingerprint density at radius 1 is 1.67 bits per heavy atom. The lowest BCUT2D eigenvalue weighted by molar-refractivity contribution is -0.0248. The van der Waals surface area contributed by atoms with Gasteiger partial charge < -0.3 is 14.8 Å². The van der Waals surface area contributed by atoms with E-state index in [1.165, 1.54) is 6.20 Å². The molecule has 1 aliphatic heterocycles. The number of rotatable bonds is 5. The van der Waals surface area contributed by atoms with Crippen molar-refractivity contribution in [2.24, 2.45) is 5.92 Å². The lowest BCUT2D eigenvalue weighted by Crippen LogP contribution is -2.33. The van der Waals surface area contributed by atoms with Gasteiger partial charge in [-0.05, 0) is 18.5 Å². The van der Waals surface area contributed by atoms with Crippen molar-refractivity contribution >= 4 is 23.3 Å². The number of carbonyl (C=O) groups is 1. The third-order valence-electron chi connectivity index (χ3n) is 2.52. The summed E-state index contributed by atoms with van der Waals surface area (Å²) in [6.45, 7) is 4.19. The molecule has 0 saturated carbocycles. The van der Waals surface area contributed by atoms with E-state index in [1.54, 1.807) is 6.92 Å². The van der Waals surface area contributed by atoms with E-state index in [1.807, 2.05) is 0 Å². The number of nitrogens with zero attached hydrogens (tertiary/aromatic N) is 2. The fraction of sp³-hybridized carbons (Fsp3) is 0.545. The van der Waals surface area contributed by atoms with Crippen molar-refractivity contribution < 1.29 is 14.3 Å². The number of anilines is 1. The van der Waals surface area contributed by atoms with E-state index >= 15 is 0 Å². The number of hydrogen-bond acceptors (Lipinski definition) is 6. The van der Waals surface area contributed by atoms with Crippen molar-refractivity contribution in [3.8, 4) is 0 Å². The topological polar surface area (TPSA) is 73.3 Å². The summed E-state index contributed by atoms with van der Waals surface area (Å²) in [5, 5.41) is 3.14. The van der Waals surface area contributed by atoms with Gasteiger partial charge in [0.05, 0.1) is 31.7 Å². The number of carbonyl (C=O) groups excluding carboxylic acids is 1. The molecule has 0 aromatic carbocycles. The van der Waals surface area contributed by atoms with Crippen LogP contribution in [0.25, 0.3) is 0 Å². The summed E-state index contributed by atoms with van der Waals surface area (Å²) in [5.41, 5.74) is 0.696. The van der Waals surface area contributed by atoms with Gasteiger partial charge in [-0.25, -0.2) is 14.8 Å².